The van der Waals surface area contributed by atoms with Crippen molar-refractivity contribution in [2.45, 2.75) is 38.8 Å². The Morgan fingerprint density at radius 2 is 2.09 bits per heavy atom. The monoisotopic (exact) mass is 318 g/mol. The number of amides is 1. The normalized spacial score (nSPS) is 16.9. The summed E-state index contributed by atoms with van der Waals surface area (Å²) in [6.45, 7) is 6.09. The van der Waals surface area contributed by atoms with Crippen molar-refractivity contribution in [1.29, 1.82) is 0 Å². The van der Waals surface area contributed by atoms with E-state index in [0.29, 0.717) is 12.1 Å². The lowest BCUT2D eigenvalue weighted by molar-refractivity contribution is 0.0618. The second kappa shape index (κ2) is 6.30. The summed E-state index contributed by atoms with van der Waals surface area (Å²) in [5.74, 6) is 0.112. The molecule has 1 aliphatic heterocycles. The summed E-state index contributed by atoms with van der Waals surface area (Å²) in [6, 6.07) is 6.80. The molecule has 5 nitrogen and oxygen atoms in total. The molecule has 0 atom stereocenters. The Bertz CT molecular complexity index is 661. The van der Waals surface area contributed by atoms with E-state index in [0.717, 1.165) is 41.7 Å². The maximum Gasteiger partial charge on any atom is 0.253 e. The lowest BCUT2D eigenvalue weighted by Gasteiger charge is -2.38. The Kier molecular flexibility index (Phi) is 4.40. The molecule has 118 valence electrons. The molecule has 1 aromatic carbocycles. The number of likely N-dealkylation sites (tertiary alicyclic amines) is 1. The van der Waals surface area contributed by atoms with Gasteiger partial charge >= 0.3 is 0 Å². The second-order valence-corrected chi connectivity index (χ2v) is 7.02. The van der Waals surface area contributed by atoms with Crippen LogP contribution in [0.25, 0.3) is 10.2 Å². The summed E-state index contributed by atoms with van der Waals surface area (Å²) in [7, 11) is 2.18. The first-order valence-corrected chi connectivity index (χ1v) is 8.57. The van der Waals surface area contributed by atoms with Gasteiger partial charge in [0.2, 0.25) is 0 Å². The lowest BCUT2D eigenvalue weighted by atomic mass is 10.0. The number of fused-ring (bicyclic) bond motifs is 1. The molecular formula is C16H22N4OS. The molecule has 0 spiro atoms. The maximum absolute atomic E-state index is 12.6. The van der Waals surface area contributed by atoms with Crippen molar-refractivity contribution in [2.24, 2.45) is 0 Å². The highest BCUT2D eigenvalue weighted by atomic mass is 32.1. The molecular weight excluding hydrogens is 296 g/mol. The average Bonchev–Trinajstić information content (AvgIpc) is 3.01. The fourth-order valence-electron chi connectivity index (χ4n) is 2.99. The minimum atomic E-state index is 0.112. The number of piperidine rings is 1. The zero-order chi connectivity index (χ0) is 15.7. The maximum atomic E-state index is 12.6. The summed E-state index contributed by atoms with van der Waals surface area (Å²) >= 11 is 1.36. The van der Waals surface area contributed by atoms with Gasteiger partial charge in [0.15, 0.2) is 0 Å². The zero-order valence-electron chi connectivity index (χ0n) is 13.3. The van der Waals surface area contributed by atoms with Crippen molar-refractivity contribution in [3.8, 4) is 0 Å². The molecule has 0 bridgehead atoms. The van der Waals surface area contributed by atoms with Crippen LogP contribution < -0.4 is 0 Å². The van der Waals surface area contributed by atoms with Gasteiger partial charge in [-0.2, -0.15) is 0 Å². The summed E-state index contributed by atoms with van der Waals surface area (Å²) < 4.78 is 4.94. The Labute approximate surface area is 135 Å². The van der Waals surface area contributed by atoms with E-state index in [2.05, 4.69) is 35.4 Å². The fraction of sp³-hybridized carbons (Fsp3) is 0.562. The molecule has 1 amide bonds. The van der Waals surface area contributed by atoms with Gasteiger partial charge in [0.05, 0.1) is 4.70 Å². The Balaban J connectivity index is 1.66. The predicted octanol–water partition coefficient (Wildman–Crippen LogP) is 2.64. The molecule has 0 unspecified atom stereocenters. The van der Waals surface area contributed by atoms with Gasteiger partial charge in [-0.25, -0.2) is 0 Å². The van der Waals surface area contributed by atoms with E-state index in [9.17, 15) is 4.79 Å². The van der Waals surface area contributed by atoms with E-state index in [-0.39, 0.29) is 5.91 Å². The molecule has 1 fully saturated rings. The molecule has 6 heteroatoms. The fourth-order valence-corrected chi connectivity index (χ4v) is 3.53. The highest BCUT2D eigenvalue weighted by molar-refractivity contribution is 7.12. The quantitative estimate of drug-likeness (QED) is 0.873. The molecule has 0 N–H and O–H groups in total. The number of hydrogen-bond donors (Lipinski definition) is 0. The summed E-state index contributed by atoms with van der Waals surface area (Å²) in [5.41, 5.74) is 1.53. The standard InChI is InChI=1S/C16H22N4OS/c1-11(2)19(3)13-6-8-20(9-7-13)16(21)12-4-5-15-14(10-12)17-18-22-15/h4-5,10-11,13H,6-9H2,1-3H3. The van der Waals surface area contributed by atoms with E-state index in [1.165, 1.54) is 11.5 Å². The summed E-state index contributed by atoms with van der Waals surface area (Å²) in [4.78, 5) is 17.0. The predicted molar refractivity (Wildman–Crippen MR) is 89.2 cm³/mol. The number of rotatable bonds is 3. The highest BCUT2D eigenvalue weighted by Gasteiger charge is 2.26. The van der Waals surface area contributed by atoms with E-state index in [1.807, 2.05) is 23.1 Å². The van der Waals surface area contributed by atoms with Gasteiger partial charge in [-0.15, -0.1) is 5.10 Å². The van der Waals surface area contributed by atoms with Gasteiger partial charge < -0.3 is 9.80 Å². The third kappa shape index (κ3) is 2.98. The minimum Gasteiger partial charge on any atom is -0.339 e. The van der Waals surface area contributed by atoms with Gasteiger partial charge in [-0.1, -0.05) is 4.49 Å². The molecule has 0 radical (unpaired) electrons. The molecule has 2 aromatic rings. The van der Waals surface area contributed by atoms with Gasteiger partial charge in [-0.05, 0) is 63.5 Å². The number of hydrogen-bond acceptors (Lipinski definition) is 5. The number of carbonyl (C=O) groups is 1. The second-order valence-electron chi connectivity index (χ2n) is 6.24. The third-order valence-corrected chi connectivity index (χ3v) is 5.34. The number of benzene rings is 1. The highest BCUT2D eigenvalue weighted by Crippen LogP contribution is 2.21. The van der Waals surface area contributed by atoms with Crippen LogP contribution in [0.3, 0.4) is 0 Å². The van der Waals surface area contributed by atoms with Crippen molar-refractivity contribution < 1.29 is 4.79 Å². The van der Waals surface area contributed by atoms with Crippen LogP contribution >= 0.6 is 11.5 Å². The van der Waals surface area contributed by atoms with E-state index >= 15 is 0 Å². The van der Waals surface area contributed by atoms with Gasteiger partial charge in [0.1, 0.15) is 5.52 Å². The Morgan fingerprint density at radius 3 is 2.77 bits per heavy atom. The van der Waals surface area contributed by atoms with Crippen LogP contribution in [0.15, 0.2) is 18.2 Å². The summed E-state index contributed by atoms with van der Waals surface area (Å²) in [6.07, 6.45) is 2.09. The van der Waals surface area contributed by atoms with Crippen molar-refractivity contribution in [1.82, 2.24) is 19.4 Å². The average molecular weight is 318 g/mol. The van der Waals surface area contributed by atoms with Crippen molar-refractivity contribution in [2.75, 3.05) is 20.1 Å². The Morgan fingerprint density at radius 1 is 1.36 bits per heavy atom. The number of nitrogens with zero attached hydrogens (tertiary/aromatic N) is 4. The Hall–Kier alpha value is -1.53. The SMILES string of the molecule is CC(C)N(C)C1CCN(C(=O)c2ccc3snnc3c2)CC1. The van der Waals surface area contributed by atoms with Crippen LogP contribution in [0, 0.1) is 0 Å². The molecule has 2 heterocycles. The third-order valence-electron chi connectivity index (χ3n) is 4.64. The van der Waals surface area contributed by atoms with Gasteiger partial charge in [0.25, 0.3) is 5.91 Å². The van der Waals surface area contributed by atoms with Crippen LogP contribution in [0.1, 0.15) is 37.0 Å². The van der Waals surface area contributed by atoms with Gasteiger partial charge in [0, 0.05) is 30.7 Å². The largest absolute Gasteiger partial charge is 0.339 e. The molecule has 1 saturated heterocycles. The molecule has 1 aliphatic rings. The smallest absolute Gasteiger partial charge is 0.253 e. The zero-order valence-corrected chi connectivity index (χ0v) is 14.1. The molecule has 0 aliphatic carbocycles. The van der Waals surface area contributed by atoms with E-state index in [4.69, 9.17) is 0 Å². The molecule has 0 saturated carbocycles. The van der Waals surface area contributed by atoms with Crippen LogP contribution in [0.5, 0.6) is 0 Å². The molecule has 1 aromatic heterocycles. The van der Waals surface area contributed by atoms with Gasteiger partial charge in [-0.3, -0.25) is 4.79 Å². The topological polar surface area (TPSA) is 49.3 Å². The first-order valence-electron chi connectivity index (χ1n) is 7.79. The van der Waals surface area contributed by atoms with E-state index in [1.54, 1.807) is 0 Å². The van der Waals surface area contributed by atoms with Crippen LogP contribution in [0.4, 0.5) is 0 Å². The molecule has 22 heavy (non-hydrogen) atoms. The van der Waals surface area contributed by atoms with Crippen LogP contribution in [-0.2, 0) is 0 Å². The lowest BCUT2D eigenvalue weighted by Crippen LogP contribution is -2.47. The van der Waals surface area contributed by atoms with Crippen molar-refractivity contribution in [3.63, 3.8) is 0 Å². The van der Waals surface area contributed by atoms with E-state index < -0.39 is 0 Å². The number of carbonyl (C=O) groups excluding carboxylic acids is 1. The first-order chi connectivity index (χ1) is 10.6. The van der Waals surface area contributed by atoms with Crippen LogP contribution in [0.2, 0.25) is 0 Å². The first kappa shape index (κ1) is 15.4. The van der Waals surface area contributed by atoms with Crippen LogP contribution in [-0.4, -0.2) is 57.5 Å². The summed E-state index contributed by atoms with van der Waals surface area (Å²) in [5, 5.41) is 4.05. The molecule has 3 rings (SSSR count). The van der Waals surface area contributed by atoms with Crippen molar-refractivity contribution >= 4 is 27.7 Å². The number of aromatic nitrogens is 2. The van der Waals surface area contributed by atoms with Crippen molar-refractivity contribution in [3.05, 3.63) is 23.8 Å². The minimum absolute atomic E-state index is 0.112.